The maximum Gasteiger partial charge on any atom is 0.239 e. The average molecular weight is 293 g/mol. The fourth-order valence-corrected chi connectivity index (χ4v) is 2.37. The number of ether oxygens (including phenoxy) is 1. The summed E-state index contributed by atoms with van der Waals surface area (Å²) in [5.41, 5.74) is 7.44. The SMILES string of the molecule is CCN(CC)CCNC(C(N)=O)c1ccccc1COC. The molecule has 1 unspecified atom stereocenters. The van der Waals surface area contributed by atoms with E-state index >= 15 is 0 Å². The number of nitrogens with zero attached hydrogens (tertiary/aromatic N) is 1. The van der Waals surface area contributed by atoms with E-state index < -0.39 is 6.04 Å². The van der Waals surface area contributed by atoms with Crippen molar-refractivity contribution < 1.29 is 9.53 Å². The number of primary amides is 1. The zero-order valence-corrected chi connectivity index (χ0v) is 13.3. The lowest BCUT2D eigenvalue weighted by atomic mass is 10.00. The third-order valence-electron chi connectivity index (χ3n) is 3.62. The van der Waals surface area contributed by atoms with E-state index in [1.165, 1.54) is 0 Å². The number of benzene rings is 1. The Morgan fingerprint density at radius 2 is 2.00 bits per heavy atom. The molecule has 0 fully saturated rings. The molecule has 0 saturated heterocycles. The van der Waals surface area contributed by atoms with Gasteiger partial charge in [0.1, 0.15) is 6.04 Å². The molecule has 1 aromatic carbocycles. The average Bonchev–Trinajstić information content (AvgIpc) is 2.48. The van der Waals surface area contributed by atoms with Crippen molar-refractivity contribution in [2.45, 2.75) is 26.5 Å². The first-order chi connectivity index (χ1) is 10.1. The molecule has 1 rings (SSSR count). The largest absolute Gasteiger partial charge is 0.380 e. The molecule has 0 aliphatic rings. The van der Waals surface area contributed by atoms with Crippen molar-refractivity contribution in [1.82, 2.24) is 10.2 Å². The van der Waals surface area contributed by atoms with Crippen molar-refractivity contribution in [3.8, 4) is 0 Å². The van der Waals surface area contributed by atoms with Gasteiger partial charge in [0.2, 0.25) is 5.91 Å². The summed E-state index contributed by atoms with van der Waals surface area (Å²) >= 11 is 0. The first-order valence-corrected chi connectivity index (χ1v) is 7.45. The van der Waals surface area contributed by atoms with Gasteiger partial charge in [-0.25, -0.2) is 0 Å². The molecule has 1 atom stereocenters. The molecule has 0 saturated carbocycles. The van der Waals surface area contributed by atoms with Crippen LogP contribution < -0.4 is 11.1 Å². The van der Waals surface area contributed by atoms with Crippen LogP contribution in [0, 0.1) is 0 Å². The molecule has 21 heavy (non-hydrogen) atoms. The first kappa shape index (κ1) is 17.6. The van der Waals surface area contributed by atoms with Crippen LogP contribution in [-0.4, -0.2) is 44.1 Å². The fraction of sp³-hybridized carbons (Fsp3) is 0.562. The molecule has 0 heterocycles. The van der Waals surface area contributed by atoms with Crippen molar-refractivity contribution in [3.05, 3.63) is 35.4 Å². The van der Waals surface area contributed by atoms with Crippen molar-refractivity contribution in [3.63, 3.8) is 0 Å². The van der Waals surface area contributed by atoms with Gasteiger partial charge >= 0.3 is 0 Å². The van der Waals surface area contributed by atoms with Gasteiger partial charge in [-0.2, -0.15) is 0 Å². The van der Waals surface area contributed by atoms with Gasteiger partial charge in [0.15, 0.2) is 0 Å². The van der Waals surface area contributed by atoms with E-state index in [2.05, 4.69) is 24.1 Å². The highest BCUT2D eigenvalue weighted by atomic mass is 16.5. The summed E-state index contributed by atoms with van der Waals surface area (Å²) in [5.74, 6) is -0.363. The number of hydrogen-bond acceptors (Lipinski definition) is 4. The van der Waals surface area contributed by atoms with Gasteiger partial charge in [-0.15, -0.1) is 0 Å². The summed E-state index contributed by atoms with van der Waals surface area (Å²) < 4.78 is 5.19. The molecule has 5 nitrogen and oxygen atoms in total. The number of rotatable bonds is 10. The second-order valence-corrected chi connectivity index (χ2v) is 4.95. The van der Waals surface area contributed by atoms with Crippen LogP contribution in [0.1, 0.15) is 31.0 Å². The van der Waals surface area contributed by atoms with Gasteiger partial charge in [-0.05, 0) is 24.2 Å². The number of hydrogen-bond donors (Lipinski definition) is 2. The highest BCUT2D eigenvalue weighted by Crippen LogP contribution is 2.18. The van der Waals surface area contributed by atoms with Gasteiger partial charge in [-0.1, -0.05) is 38.1 Å². The molecule has 118 valence electrons. The second kappa shape index (κ2) is 9.50. The number of methoxy groups -OCH3 is 1. The Kier molecular flexibility index (Phi) is 7.97. The third kappa shape index (κ3) is 5.46. The lowest BCUT2D eigenvalue weighted by Gasteiger charge is -2.22. The van der Waals surface area contributed by atoms with E-state index in [0.29, 0.717) is 6.61 Å². The normalized spacial score (nSPS) is 12.6. The molecule has 3 N–H and O–H groups in total. The van der Waals surface area contributed by atoms with Gasteiger partial charge in [0.25, 0.3) is 0 Å². The summed E-state index contributed by atoms with van der Waals surface area (Å²) in [6.07, 6.45) is 0. The topological polar surface area (TPSA) is 67.6 Å². The summed E-state index contributed by atoms with van der Waals surface area (Å²) in [6.45, 7) is 8.34. The van der Waals surface area contributed by atoms with Crippen LogP contribution in [0.2, 0.25) is 0 Å². The van der Waals surface area contributed by atoms with E-state index in [-0.39, 0.29) is 5.91 Å². The highest BCUT2D eigenvalue weighted by molar-refractivity contribution is 5.81. The van der Waals surface area contributed by atoms with Crippen LogP contribution in [0.4, 0.5) is 0 Å². The molecule has 0 spiro atoms. The molecular weight excluding hydrogens is 266 g/mol. The standard InChI is InChI=1S/C16H27N3O2/c1-4-19(5-2)11-10-18-15(16(17)20)14-9-7-6-8-13(14)12-21-3/h6-9,15,18H,4-5,10-12H2,1-3H3,(H2,17,20). The van der Waals surface area contributed by atoms with Crippen molar-refractivity contribution >= 4 is 5.91 Å². The number of carbonyl (C=O) groups is 1. The van der Waals surface area contributed by atoms with Gasteiger partial charge in [0.05, 0.1) is 6.61 Å². The van der Waals surface area contributed by atoms with Crippen LogP contribution in [0.25, 0.3) is 0 Å². The van der Waals surface area contributed by atoms with Crippen LogP contribution in [0.5, 0.6) is 0 Å². The summed E-state index contributed by atoms with van der Waals surface area (Å²) in [5, 5.41) is 3.26. The summed E-state index contributed by atoms with van der Waals surface area (Å²) in [6, 6.07) is 7.25. The number of nitrogens with one attached hydrogen (secondary N) is 1. The van der Waals surface area contributed by atoms with Crippen molar-refractivity contribution in [1.29, 1.82) is 0 Å². The second-order valence-electron chi connectivity index (χ2n) is 4.95. The van der Waals surface area contributed by atoms with Crippen molar-refractivity contribution in [2.24, 2.45) is 5.73 Å². The lowest BCUT2D eigenvalue weighted by Crippen LogP contribution is -2.39. The Morgan fingerprint density at radius 1 is 1.33 bits per heavy atom. The first-order valence-electron chi connectivity index (χ1n) is 7.45. The Balaban J connectivity index is 2.76. The number of likely N-dealkylation sites (N-methyl/N-ethyl adjacent to an activating group) is 1. The molecule has 0 aromatic heterocycles. The van der Waals surface area contributed by atoms with Crippen molar-refractivity contribution in [2.75, 3.05) is 33.3 Å². The monoisotopic (exact) mass is 293 g/mol. The Labute approximate surface area is 127 Å². The van der Waals surface area contributed by atoms with Gasteiger partial charge in [0, 0.05) is 20.2 Å². The minimum Gasteiger partial charge on any atom is -0.380 e. The van der Waals surface area contributed by atoms with Gasteiger partial charge in [-0.3, -0.25) is 4.79 Å². The molecule has 0 radical (unpaired) electrons. The predicted molar refractivity (Wildman–Crippen MR) is 84.9 cm³/mol. The summed E-state index contributed by atoms with van der Waals surface area (Å²) in [7, 11) is 1.64. The minimum absolute atomic E-state index is 0.363. The quantitative estimate of drug-likeness (QED) is 0.682. The van der Waals surface area contributed by atoms with E-state index in [4.69, 9.17) is 10.5 Å². The Bertz CT molecular complexity index is 433. The number of amides is 1. The molecule has 0 aliphatic heterocycles. The maximum atomic E-state index is 11.8. The number of nitrogens with two attached hydrogens (primary N) is 1. The van der Waals surface area contributed by atoms with E-state index in [1.54, 1.807) is 7.11 Å². The molecular formula is C16H27N3O2. The highest BCUT2D eigenvalue weighted by Gasteiger charge is 2.20. The molecule has 1 amide bonds. The van der Waals surface area contributed by atoms with E-state index in [1.807, 2.05) is 24.3 Å². The molecule has 0 aliphatic carbocycles. The zero-order chi connectivity index (χ0) is 15.7. The minimum atomic E-state index is -0.480. The van der Waals surface area contributed by atoms with Crippen LogP contribution in [0.15, 0.2) is 24.3 Å². The molecule has 0 bridgehead atoms. The van der Waals surface area contributed by atoms with E-state index in [9.17, 15) is 4.79 Å². The van der Waals surface area contributed by atoms with Crippen LogP contribution in [-0.2, 0) is 16.1 Å². The third-order valence-corrected chi connectivity index (χ3v) is 3.62. The lowest BCUT2D eigenvalue weighted by molar-refractivity contribution is -0.120. The molecule has 5 heteroatoms. The Morgan fingerprint density at radius 3 is 2.57 bits per heavy atom. The molecule has 1 aromatic rings. The fourth-order valence-electron chi connectivity index (χ4n) is 2.37. The Hall–Kier alpha value is -1.43. The number of carbonyl (C=O) groups excluding carboxylic acids is 1. The van der Waals surface area contributed by atoms with Gasteiger partial charge < -0.3 is 20.7 Å². The summed E-state index contributed by atoms with van der Waals surface area (Å²) in [4.78, 5) is 14.1. The van der Waals surface area contributed by atoms with E-state index in [0.717, 1.165) is 37.3 Å². The predicted octanol–water partition coefficient (Wildman–Crippen LogP) is 1.29. The maximum absolute atomic E-state index is 11.8. The van der Waals surface area contributed by atoms with Crippen LogP contribution in [0.3, 0.4) is 0 Å². The van der Waals surface area contributed by atoms with Crippen LogP contribution >= 0.6 is 0 Å². The zero-order valence-electron chi connectivity index (χ0n) is 13.3. The smallest absolute Gasteiger partial charge is 0.239 e.